The van der Waals surface area contributed by atoms with Crippen LogP contribution < -0.4 is 14.8 Å². The SMILES string of the molecule is COc1cc(OC(F)F)ccc1-c1nnc(NC2COC(C)(C)C2)c2cnccc12. The molecule has 1 unspecified atom stereocenters. The molecule has 9 heteroatoms. The number of benzene rings is 1. The van der Waals surface area contributed by atoms with Crippen molar-refractivity contribution in [2.45, 2.75) is 38.5 Å². The molecule has 1 N–H and O–H groups in total. The zero-order chi connectivity index (χ0) is 21.3. The van der Waals surface area contributed by atoms with Gasteiger partial charge in [-0.15, -0.1) is 10.2 Å². The fourth-order valence-corrected chi connectivity index (χ4v) is 3.67. The van der Waals surface area contributed by atoms with E-state index in [0.29, 0.717) is 29.4 Å². The minimum Gasteiger partial charge on any atom is -0.496 e. The van der Waals surface area contributed by atoms with Gasteiger partial charge in [-0.05, 0) is 38.5 Å². The number of nitrogens with one attached hydrogen (secondary N) is 1. The zero-order valence-corrected chi connectivity index (χ0v) is 16.9. The number of methoxy groups -OCH3 is 1. The highest BCUT2D eigenvalue weighted by Crippen LogP contribution is 2.37. The first-order chi connectivity index (χ1) is 14.4. The van der Waals surface area contributed by atoms with Crippen LogP contribution in [0.1, 0.15) is 20.3 Å². The number of nitrogens with zero attached hydrogens (tertiary/aromatic N) is 3. The number of hydrogen-bond donors (Lipinski definition) is 1. The molecule has 4 rings (SSSR count). The first kappa shape index (κ1) is 20.2. The monoisotopic (exact) mass is 416 g/mol. The molecule has 0 saturated carbocycles. The number of aromatic nitrogens is 3. The predicted octanol–water partition coefficient (Wildman–Crippen LogP) is 4.28. The number of hydrogen-bond acceptors (Lipinski definition) is 7. The van der Waals surface area contributed by atoms with Crippen LogP contribution >= 0.6 is 0 Å². The van der Waals surface area contributed by atoms with Crippen molar-refractivity contribution in [3.05, 3.63) is 36.7 Å². The summed E-state index contributed by atoms with van der Waals surface area (Å²) in [5.74, 6) is 0.976. The van der Waals surface area contributed by atoms with Gasteiger partial charge in [0, 0.05) is 34.8 Å². The van der Waals surface area contributed by atoms with E-state index >= 15 is 0 Å². The maximum absolute atomic E-state index is 12.5. The highest BCUT2D eigenvalue weighted by Gasteiger charge is 2.32. The van der Waals surface area contributed by atoms with Crippen molar-refractivity contribution in [2.75, 3.05) is 19.0 Å². The van der Waals surface area contributed by atoms with Gasteiger partial charge in [0.2, 0.25) is 0 Å². The third-order valence-corrected chi connectivity index (χ3v) is 4.99. The molecule has 0 spiro atoms. The number of alkyl halides is 2. The number of fused-ring (bicyclic) bond motifs is 1. The number of anilines is 1. The second-order valence-corrected chi connectivity index (χ2v) is 7.68. The topological polar surface area (TPSA) is 78.4 Å². The van der Waals surface area contributed by atoms with E-state index < -0.39 is 6.61 Å². The van der Waals surface area contributed by atoms with Crippen molar-refractivity contribution < 1.29 is 23.0 Å². The number of halogens is 2. The van der Waals surface area contributed by atoms with Gasteiger partial charge in [-0.25, -0.2) is 0 Å². The van der Waals surface area contributed by atoms with Crippen molar-refractivity contribution in [1.82, 2.24) is 15.2 Å². The van der Waals surface area contributed by atoms with E-state index in [1.165, 1.54) is 19.2 Å². The van der Waals surface area contributed by atoms with Crippen LogP contribution in [0.3, 0.4) is 0 Å². The molecule has 2 aromatic heterocycles. The van der Waals surface area contributed by atoms with Crippen LogP contribution in [0.15, 0.2) is 36.7 Å². The molecule has 1 atom stereocenters. The standard InChI is InChI=1S/C21H22F2N4O3/c1-21(2)9-12(11-29-21)25-19-16-10-24-7-6-14(16)18(26-27-19)15-5-4-13(30-20(22)23)8-17(15)28-3/h4-8,10,12,20H,9,11H2,1-3H3,(H,25,27). The molecule has 0 radical (unpaired) electrons. The Hall–Kier alpha value is -3.07. The van der Waals surface area contributed by atoms with Crippen molar-refractivity contribution in [1.29, 1.82) is 0 Å². The third-order valence-electron chi connectivity index (χ3n) is 4.99. The van der Waals surface area contributed by atoms with Crippen molar-refractivity contribution >= 4 is 16.6 Å². The lowest BCUT2D eigenvalue weighted by Crippen LogP contribution is -2.23. The van der Waals surface area contributed by atoms with Gasteiger partial charge in [-0.1, -0.05) is 0 Å². The maximum atomic E-state index is 12.5. The fourth-order valence-electron chi connectivity index (χ4n) is 3.67. The Labute approximate surface area is 172 Å². The van der Waals surface area contributed by atoms with Gasteiger partial charge in [-0.2, -0.15) is 8.78 Å². The molecule has 1 saturated heterocycles. The van der Waals surface area contributed by atoms with Gasteiger partial charge in [0.05, 0.1) is 25.4 Å². The molecular weight excluding hydrogens is 394 g/mol. The Balaban J connectivity index is 1.73. The van der Waals surface area contributed by atoms with Gasteiger partial charge >= 0.3 is 6.61 Å². The molecule has 7 nitrogen and oxygen atoms in total. The Morgan fingerprint density at radius 3 is 2.73 bits per heavy atom. The Kier molecular flexibility index (Phi) is 5.38. The lowest BCUT2D eigenvalue weighted by Gasteiger charge is -2.17. The summed E-state index contributed by atoms with van der Waals surface area (Å²) in [6.45, 7) is 1.77. The summed E-state index contributed by atoms with van der Waals surface area (Å²) in [7, 11) is 1.46. The summed E-state index contributed by atoms with van der Waals surface area (Å²) in [6.07, 6.45) is 4.23. The summed E-state index contributed by atoms with van der Waals surface area (Å²) in [6, 6.07) is 6.43. The largest absolute Gasteiger partial charge is 0.496 e. The molecule has 1 aliphatic heterocycles. The minimum atomic E-state index is -2.91. The van der Waals surface area contributed by atoms with E-state index in [2.05, 4.69) is 39.1 Å². The molecule has 1 aromatic carbocycles. The third kappa shape index (κ3) is 4.11. The average molecular weight is 416 g/mol. The van der Waals surface area contributed by atoms with Crippen molar-refractivity contribution in [3.8, 4) is 22.8 Å². The van der Waals surface area contributed by atoms with Crippen LogP contribution in [0.2, 0.25) is 0 Å². The molecule has 3 aromatic rings. The lowest BCUT2D eigenvalue weighted by molar-refractivity contribution is -0.0499. The van der Waals surface area contributed by atoms with Crippen LogP contribution in [-0.2, 0) is 4.74 Å². The Bertz CT molecular complexity index is 1060. The summed E-state index contributed by atoms with van der Waals surface area (Å²) < 4.78 is 40.7. The van der Waals surface area contributed by atoms with E-state index in [9.17, 15) is 8.78 Å². The minimum absolute atomic E-state index is 0.00617. The summed E-state index contributed by atoms with van der Waals surface area (Å²) >= 11 is 0. The van der Waals surface area contributed by atoms with Crippen LogP contribution in [0.25, 0.3) is 22.0 Å². The highest BCUT2D eigenvalue weighted by atomic mass is 19.3. The predicted molar refractivity (Wildman–Crippen MR) is 108 cm³/mol. The molecule has 158 valence electrons. The van der Waals surface area contributed by atoms with Gasteiger partial charge in [-0.3, -0.25) is 4.98 Å². The molecular formula is C21H22F2N4O3. The van der Waals surface area contributed by atoms with Crippen LogP contribution in [0.4, 0.5) is 14.6 Å². The van der Waals surface area contributed by atoms with Gasteiger partial charge < -0.3 is 19.5 Å². The normalized spacial score (nSPS) is 18.0. The first-order valence-corrected chi connectivity index (χ1v) is 9.50. The van der Waals surface area contributed by atoms with E-state index in [-0.39, 0.29) is 17.4 Å². The average Bonchev–Trinajstić information content (AvgIpc) is 3.06. The van der Waals surface area contributed by atoms with Crippen molar-refractivity contribution in [2.24, 2.45) is 0 Å². The Morgan fingerprint density at radius 1 is 1.20 bits per heavy atom. The van der Waals surface area contributed by atoms with Crippen LogP contribution in [0.5, 0.6) is 11.5 Å². The smallest absolute Gasteiger partial charge is 0.387 e. The maximum Gasteiger partial charge on any atom is 0.387 e. The summed E-state index contributed by atoms with van der Waals surface area (Å²) in [4.78, 5) is 4.23. The van der Waals surface area contributed by atoms with E-state index in [1.54, 1.807) is 18.5 Å². The van der Waals surface area contributed by atoms with E-state index in [0.717, 1.165) is 17.2 Å². The van der Waals surface area contributed by atoms with Crippen LogP contribution in [0, 0.1) is 0 Å². The molecule has 0 amide bonds. The molecule has 0 bridgehead atoms. The number of rotatable bonds is 6. The molecule has 1 aliphatic rings. The van der Waals surface area contributed by atoms with Crippen LogP contribution in [-0.4, -0.2) is 47.2 Å². The molecule has 1 fully saturated rings. The molecule has 3 heterocycles. The summed E-state index contributed by atoms with van der Waals surface area (Å²) in [5.41, 5.74) is 0.982. The second kappa shape index (κ2) is 7.98. The molecule has 30 heavy (non-hydrogen) atoms. The molecule has 0 aliphatic carbocycles. The van der Waals surface area contributed by atoms with E-state index in [4.69, 9.17) is 9.47 Å². The quantitative estimate of drug-likeness (QED) is 0.643. The number of ether oxygens (including phenoxy) is 3. The highest BCUT2D eigenvalue weighted by molar-refractivity contribution is 6.00. The summed E-state index contributed by atoms with van der Waals surface area (Å²) in [5, 5.41) is 13.8. The van der Waals surface area contributed by atoms with Gasteiger partial charge in [0.15, 0.2) is 5.82 Å². The first-order valence-electron chi connectivity index (χ1n) is 9.50. The second-order valence-electron chi connectivity index (χ2n) is 7.68. The van der Waals surface area contributed by atoms with Gasteiger partial charge in [0.1, 0.15) is 17.2 Å². The fraction of sp³-hybridized carbons (Fsp3) is 0.381. The van der Waals surface area contributed by atoms with Crippen molar-refractivity contribution in [3.63, 3.8) is 0 Å². The number of pyridine rings is 1. The van der Waals surface area contributed by atoms with E-state index in [1.807, 2.05) is 6.07 Å². The lowest BCUT2D eigenvalue weighted by atomic mass is 10.0. The van der Waals surface area contributed by atoms with Gasteiger partial charge in [0.25, 0.3) is 0 Å². The zero-order valence-electron chi connectivity index (χ0n) is 16.9. The Morgan fingerprint density at radius 2 is 2.03 bits per heavy atom.